The van der Waals surface area contributed by atoms with Gasteiger partial charge in [0.15, 0.2) is 18.5 Å². The van der Waals surface area contributed by atoms with E-state index in [1.807, 2.05) is 22.6 Å². The van der Waals surface area contributed by atoms with Crippen molar-refractivity contribution in [3.05, 3.63) is 0 Å². The van der Waals surface area contributed by atoms with Gasteiger partial charge in [-0.3, -0.25) is 9.59 Å². The molecular formula is C11H17IO7. The molecule has 1 N–H and O–H groups in total. The Bertz CT molecular complexity index is 335. The first-order chi connectivity index (χ1) is 8.90. The standard InChI is InChI=1S/C11H17IO7/c1-5(14)17-9-7(4-13)19-11(16-3)8(12)10(9)18-6(2)15/h7-11,13H,4H2,1-3H3/t7-,8?,9-,10-,11+/m1/s1. The van der Waals surface area contributed by atoms with Gasteiger partial charge in [-0.25, -0.2) is 0 Å². The molecule has 1 rings (SSSR count). The molecule has 110 valence electrons. The molecule has 1 heterocycles. The third kappa shape index (κ3) is 4.26. The van der Waals surface area contributed by atoms with Crippen LogP contribution >= 0.6 is 22.6 Å². The third-order valence-electron chi connectivity index (χ3n) is 2.59. The highest BCUT2D eigenvalue weighted by Gasteiger charge is 2.48. The molecule has 1 fully saturated rings. The average molecular weight is 388 g/mol. The van der Waals surface area contributed by atoms with Crippen molar-refractivity contribution in [2.45, 2.75) is 42.4 Å². The van der Waals surface area contributed by atoms with Crippen molar-refractivity contribution in [2.24, 2.45) is 0 Å². The van der Waals surface area contributed by atoms with E-state index in [-0.39, 0.29) is 10.5 Å². The molecule has 8 heteroatoms. The highest BCUT2D eigenvalue weighted by Crippen LogP contribution is 2.31. The number of ether oxygens (including phenoxy) is 4. The molecule has 0 spiro atoms. The first-order valence-corrected chi connectivity index (χ1v) is 6.92. The summed E-state index contributed by atoms with van der Waals surface area (Å²) >= 11 is 2.00. The van der Waals surface area contributed by atoms with E-state index in [1.54, 1.807) is 0 Å². The number of halogens is 1. The maximum Gasteiger partial charge on any atom is 0.303 e. The fraction of sp³-hybridized carbons (Fsp3) is 0.818. The van der Waals surface area contributed by atoms with Crippen molar-refractivity contribution in [1.29, 1.82) is 0 Å². The SMILES string of the molecule is CO[C@H]1O[C@H](CO)[C@@H](OC(C)=O)[C@H](OC(C)=O)C1I. The fourth-order valence-corrected chi connectivity index (χ4v) is 2.88. The zero-order valence-electron chi connectivity index (χ0n) is 10.9. The van der Waals surface area contributed by atoms with Crippen molar-refractivity contribution in [1.82, 2.24) is 0 Å². The molecule has 7 nitrogen and oxygen atoms in total. The largest absolute Gasteiger partial charge is 0.457 e. The molecule has 0 saturated carbocycles. The van der Waals surface area contributed by atoms with Gasteiger partial charge in [-0.2, -0.15) is 0 Å². The maximum absolute atomic E-state index is 11.2. The number of carbonyl (C=O) groups is 2. The molecule has 1 aliphatic heterocycles. The molecule has 0 aromatic rings. The first-order valence-electron chi connectivity index (χ1n) is 5.68. The van der Waals surface area contributed by atoms with Gasteiger partial charge in [0.2, 0.25) is 0 Å². The molecule has 0 aromatic carbocycles. The van der Waals surface area contributed by atoms with Crippen LogP contribution in [0.1, 0.15) is 13.8 Å². The summed E-state index contributed by atoms with van der Waals surface area (Å²) in [5, 5.41) is 9.31. The highest BCUT2D eigenvalue weighted by atomic mass is 127. The van der Waals surface area contributed by atoms with Crippen LogP contribution in [0.4, 0.5) is 0 Å². The van der Waals surface area contributed by atoms with Gasteiger partial charge in [-0.1, -0.05) is 22.6 Å². The van der Waals surface area contributed by atoms with Crippen LogP contribution in [0, 0.1) is 0 Å². The zero-order valence-corrected chi connectivity index (χ0v) is 13.0. The van der Waals surface area contributed by atoms with E-state index in [0.29, 0.717) is 0 Å². The predicted octanol–water partition coefficient (Wildman–Crippen LogP) is 0.0170. The lowest BCUT2D eigenvalue weighted by molar-refractivity contribution is -0.252. The van der Waals surface area contributed by atoms with E-state index >= 15 is 0 Å². The molecule has 19 heavy (non-hydrogen) atoms. The van der Waals surface area contributed by atoms with Crippen LogP contribution in [-0.4, -0.2) is 59.3 Å². The summed E-state index contributed by atoms with van der Waals surface area (Å²) in [4.78, 5) is 22.3. The molecule has 0 amide bonds. The molecular weight excluding hydrogens is 371 g/mol. The van der Waals surface area contributed by atoms with Crippen molar-refractivity contribution in [3.63, 3.8) is 0 Å². The van der Waals surface area contributed by atoms with Gasteiger partial charge in [0.05, 0.1) is 6.61 Å². The lowest BCUT2D eigenvalue weighted by Gasteiger charge is -2.42. The van der Waals surface area contributed by atoms with Gasteiger partial charge in [0.1, 0.15) is 10.0 Å². The monoisotopic (exact) mass is 388 g/mol. The molecule has 0 aliphatic carbocycles. The zero-order chi connectivity index (χ0) is 14.6. The van der Waals surface area contributed by atoms with Gasteiger partial charge in [0.25, 0.3) is 0 Å². The van der Waals surface area contributed by atoms with Crippen molar-refractivity contribution in [3.8, 4) is 0 Å². The lowest BCUT2D eigenvalue weighted by atomic mass is 10.0. The molecule has 0 radical (unpaired) electrons. The molecule has 1 unspecified atom stereocenters. The predicted molar refractivity (Wildman–Crippen MR) is 71.7 cm³/mol. The fourth-order valence-electron chi connectivity index (χ4n) is 1.86. The van der Waals surface area contributed by atoms with Gasteiger partial charge in [0, 0.05) is 21.0 Å². The summed E-state index contributed by atoms with van der Waals surface area (Å²) in [5.41, 5.74) is 0. The Labute approximate surface area is 124 Å². The maximum atomic E-state index is 11.2. The van der Waals surface area contributed by atoms with Crippen LogP contribution < -0.4 is 0 Å². The molecule has 5 atom stereocenters. The summed E-state index contributed by atoms with van der Waals surface area (Å²) in [6, 6.07) is 0. The van der Waals surface area contributed by atoms with E-state index in [0.717, 1.165) is 0 Å². The number of methoxy groups -OCH3 is 1. The first kappa shape index (κ1) is 16.6. The Morgan fingerprint density at radius 3 is 2.16 bits per heavy atom. The molecule has 0 aromatic heterocycles. The minimum absolute atomic E-state index is 0.362. The van der Waals surface area contributed by atoms with E-state index < -0.39 is 36.5 Å². The van der Waals surface area contributed by atoms with Crippen molar-refractivity contribution in [2.75, 3.05) is 13.7 Å². The van der Waals surface area contributed by atoms with Gasteiger partial charge < -0.3 is 24.1 Å². The topological polar surface area (TPSA) is 91.3 Å². The minimum Gasteiger partial charge on any atom is -0.457 e. The highest BCUT2D eigenvalue weighted by molar-refractivity contribution is 14.1. The van der Waals surface area contributed by atoms with Crippen molar-refractivity contribution < 1.29 is 33.6 Å². The summed E-state index contributed by atoms with van der Waals surface area (Å²) in [6.07, 6.45) is -3.06. The number of carbonyl (C=O) groups excluding carboxylic acids is 2. The number of rotatable bonds is 4. The Balaban J connectivity index is 2.96. The average Bonchev–Trinajstić information content (AvgIpc) is 2.33. The third-order valence-corrected chi connectivity index (χ3v) is 3.89. The Morgan fingerprint density at radius 1 is 1.21 bits per heavy atom. The smallest absolute Gasteiger partial charge is 0.303 e. The number of esters is 2. The normalized spacial score (nSPS) is 34.7. The van der Waals surface area contributed by atoms with E-state index in [4.69, 9.17) is 18.9 Å². The molecule has 1 aliphatic rings. The van der Waals surface area contributed by atoms with E-state index in [1.165, 1.54) is 21.0 Å². The Hall–Kier alpha value is -0.450. The van der Waals surface area contributed by atoms with Crippen LogP contribution in [0.3, 0.4) is 0 Å². The van der Waals surface area contributed by atoms with Crippen LogP contribution in [-0.2, 0) is 28.5 Å². The van der Waals surface area contributed by atoms with E-state index in [9.17, 15) is 14.7 Å². The summed E-state index contributed by atoms with van der Waals surface area (Å²) in [5.74, 6) is -1.04. The summed E-state index contributed by atoms with van der Waals surface area (Å²) in [6.45, 7) is 2.13. The lowest BCUT2D eigenvalue weighted by Crippen LogP contribution is -2.59. The number of aliphatic hydroxyl groups is 1. The molecule has 0 bridgehead atoms. The van der Waals surface area contributed by atoms with Crippen LogP contribution in [0.15, 0.2) is 0 Å². The van der Waals surface area contributed by atoms with Gasteiger partial charge >= 0.3 is 11.9 Å². The second-order valence-corrected chi connectivity index (χ2v) is 5.49. The van der Waals surface area contributed by atoms with Crippen LogP contribution in [0.25, 0.3) is 0 Å². The van der Waals surface area contributed by atoms with Crippen LogP contribution in [0.5, 0.6) is 0 Å². The van der Waals surface area contributed by atoms with Crippen LogP contribution in [0.2, 0.25) is 0 Å². The second-order valence-electron chi connectivity index (χ2n) is 4.05. The number of hydrogen-bond donors (Lipinski definition) is 1. The summed E-state index contributed by atoms with van der Waals surface area (Å²) in [7, 11) is 1.45. The minimum atomic E-state index is -0.861. The van der Waals surface area contributed by atoms with Crippen molar-refractivity contribution >= 4 is 34.5 Å². The number of aliphatic hydroxyl groups excluding tert-OH is 1. The number of hydrogen-bond acceptors (Lipinski definition) is 7. The second kappa shape index (κ2) is 7.36. The summed E-state index contributed by atoms with van der Waals surface area (Å²) < 4.78 is 20.5. The van der Waals surface area contributed by atoms with Gasteiger partial charge in [-0.15, -0.1) is 0 Å². The quantitative estimate of drug-likeness (QED) is 0.413. The Kier molecular flexibility index (Phi) is 6.43. The van der Waals surface area contributed by atoms with Gasteiger partial charge in [-0.05, 0) is 0 Å². The number of alkyl halides is 1. The molecule has 1 saturated heterocycles. The Morgan fingerprint density at radius 2 is 1.74 bits per heavy atom. The van der Waals surface area contributed by atoms with E-state index in [2.05, 4.69) is 0 Å².